The minimum Gasteiger partial charge on any atom is -0.353 e. The lowest BCUT2D eigenvalue weighted by Crippen LogP contribution is -2.23. The number of nitrogens with one attached hydrogen (secondary N) is 1. The molecule has 2 aliphatic heterocycles. The average molecular weight is 782 g/mol. The maximum Gasteiger partial charge on any atom is 0.236 e. The van der Waals surface area contributed by atoms with Crippen molar-refractivity contribution >= 4 is 46.0 Å². The van der Waals surface area contributed by atoms with E-state index in [1.807, 2.05) is 60.9 Å². The van der Waals surface area contributed by atoms with E-state index in [9.17, 15) is 9.59 Å². The van der Waals surface area contributed by atoms with Gasteiger partial charge in [-0.3, -0.25) is 9.59 Å². The van der Waals surface area contributed by atoms with Crippen LogP contribution in [0.1, 0.15) is 68.5 Å². The molecule has 2 unspecified atom stereocenters. The van der Waals surface area contributed by atoms with E-state index in [1.54, 1.807) is 9.36 Å². The highest BCUT2D eigenvalue weighted by Crippen LogP contribution is 2.17. The van der Waals surface area contributed by atoms with Gasteiger partial charge in [0.1, 0.15) is 17.3 Å². The van der Waals surface area contributed by atoms with E-state index >= 15 is 0 Å². The Morgan fingerprint density at radius 2 is 1.23 bits per heavy atom. The van der Waals surface area contributed by atoms with E-state index in [-0.39, 0.29) is 37.7 Å². The molecule has 52 heavy (non-hydrogen) atoms. The maximum atomic E-state index is 11.2. The second kappa shape index (κ2) is 24.0. The Morgan fingerprint density at radius 3 is 1.62 bits per heavy atom. The Balaban J connectivity index is 0.000000247. The van der Waals surface area contributed by atoms with Gasteiger partial charge in [0, 0.05) is 26.3 Å². The third kappa shape index (κ3) is 15.2. The molecule has 4 aromatic rings. The average Bonchev–Trinajstić information content (AvgIpc) is 3.87. The number of halogens is 3. The van der Waals surface area contributed by atoms with E-state index < -0.39 is 5.24 Å². The molecule has 2 fully saturated rings. The molecular formula is C35H47Cl3N8O6. The standard InChI is InChI=1S/C17H21ClN4O3.C15H20N4O2.C2H2Cl2O.CH4/c18-9-16(23)19-10-13-4-6-15(7-5-13)22-11-14(20-21-22)12-25-17-3-1-2-8-24-17;16-9-12-4-6-14(7-5-12)19-10-13(17-18-19)11-21-15-3-1-2-8-20-15;3-1-2(4)5;/h4-7,11,17H,1-3,8-10,12H2,(H,19,23);4-7,10,15H,1-3,8-9,11,16H2;1H2;1H4. The molecule has 14 nitrogen and oxygen atoms in total. The number of nitrogens with two attached hydrogens (primary N) is 1. The van der Waals surface area contributed by atoms with Crippen LogP contribution in [0.5, 0.6) is 0 Å². The summed E-state index contributed by atoms with van der Waals surface area (Å²) in [6.45, 7) is 3.33. The summed E-state index contributed by atoms with van der Waals surface area (Å²) in [5.41, 5.74) is 11.1. The number of alkyl halides is 2. The first-order valence-corrected chi connectivity index (χ1v) is 18.1. The SMILES string of the molecule is C.NCc1ccc(-n2cc(COC3CCCCO3)nn2)cc1.O=C(CCl)NCc1ccc(-n2cc(COC3CCCCO3)nn2)cc1.O=C(Cl)CCl. The molecule has 2 atom stereocenters. The highest BCUT2D eigenvalue weighted by molar-refractivity contribution is 6.67. The summed E-state index contributed by atoms with van der Waals surface area (Å²) >= 11 is 15.0. The van der Waals surface area contributed by atoms with E-state index in [4.69, 9.17) is 59.5 Å². The van der Waals surface area contributed by atoms with Crippen molar-refractivity contribution in [1.29, 1.82) is 0 Å². The maximum absolute atomic E-state index is 11.2. The number of amides is 1. The molecule has 0 aliphatic carbocycles. The molecule has 284 valence electrons. The minimum absolute atomic E-state index is 0. The van der Waals surface area contributed by atoms with Crippen LogP contribution in [-0.4, -0.2) is 78.7 Å². The zero-order valence-corrected chi connectivity index (χ0v) is 30.4. The van der Waals surface area contributed by atoms with Gasteiger partial charge in [-0.25, -0.2) is 9.36 Å². The molecule has 6 rings (SSSR count). The largest absolute Gasteiger partial charge is 0.353 e. The van der Waals surface area contributed by atoms with Crippen LogP contribution >= 0.6 is 34.8 Å². The summed E-state index contributed by atoms with van der Waals surface area (Å²) in [5.74, 6) is -0.316. The molecule has 3 N–H and O–H groups in total. The molecule has 2 saturated heterocycles. The summed E-state index contributed by atoms with van der Waals surface area (Å²) in [5, 5.41) is 18.7. The lowest BCUT2D eigenvalue weighted by atomic mass is 10.2. The van der Waals surface area contributed by atoms with Crippen molar-refractivity contribution in [2.45, 2.75) is 84.8 Å². The van der Waals surface area contributed by atoms with Crippen molar-refractivity contribution in [3.63, 3.8) is 0 Å². The first-order chi connectivity index (χ1) is 24.9. The molecule has 0 spiro atoms. The number of rotatable bonds is 13. The van der Waals surface area contributed by atoms with Gasteiger partial charge >= 0.3 is 0 Å². The molecule has 0 bridgehead atoms. The van der Waals surface area contributed by atoms with Crippen LogP contribution in [0, 0.1) is 0 Å². The van der Waals surface area contributed by atoms with Gasteiger partial charge in [-0.2, -0.15) is 0 Å². The van der Waals surface area contributed by atoms with Crippen molar-refractivity contribution in [2.75, 3.05) is 25.0 Å². The van der Waals surface area contributed by atoms with Crippen LogP contribution in [0.25, 0.3) is 11.4 Å². The quantitative estimate of drug-likeness (QED) is 0.129. The van der Waals surface area contributed by atoms with Gasteiger partial charge in [-0.05, 0) is 85.5 Å². The fourth-order valence-electron chi connectivity index (χ4n) is 4.82. The zero-order chi connectivity index (χ0) is 36.3. The van der Waals surface area contributed by atoms with Gasteiger partial charge in [0.25, 0.3) is 0 Å². The van der Waals surface area contributed by atoms with Gasteiger partial charge in [-0.15, -0.1) is 33.4 Å². The summed E-state index contributed by atoms with van der Waals surface area (Å²) in [6.07, 6.45) is 9.86. The van der Waals surface area contributed by atoms with Gasteiger partial charge < -0.3 is 30.0 Å². The number of nitrogens with zero attached hydrogens (tertiary/aromatic N) is 6. The molecule has 17 heteroatoms. The van der Waals surface area contributed by atoms with Crippen LogP contribution < -0.4 is 11.1 Å². The smallest absolute Gasteiger partial charge is 0.236 e. The van der Waals surface area contributed by atoms with E-state index in [2.05, 4.69) is 25.9 Å². The molecular weight excluding hydrogens is 735 g/mol. The van der Waals surface area contributed by atoms with Crippen molar-refractivity contribution in [1.82, 2.24) is 35.3 Å². The predicted octanol–water partition coefficient (Wildman–Crippen LogP) is 5.56. The number of ether oxygens (including phenoxy) is 4. The number of carbonyl (C=O) groups excluding carboxylic acids is 2. The number of aromatic nitrogens is 6. The van der Waals surface area contributed by atoms with Gasteiger partial charge in [0.15, 0.2) is 12.6 Å². The Bertz CT molecular complexity index is 1590. The van der Waals surface area contributed by atoms with Crippen molar-refractivity contribution < 1.29 is 28.5 Å². The van der Waals surface area contributed by atoms with E-state index in [0.717, 1.165) is 85.6 Å². The normalized spacial score (nSPS) is 16.7. The van der Waals surface area contributed by atoms with Crippen molar-refractivity contribution in [3.05, 3.63) is 83.4 Å². The number of carbonyl (C=O) groups is 2. The summed E-state index contributed by atoms with van der Waals surface area (Å²) < 4.78 is 25.9. The summed E-state index contributed by atoms with van der Waals surface area (Å²) in [4.78, 5) is 20.6. The Labute approximate surface area is 319 Å². The zero-order valence-electron chi connectivity index (χ0n) is 28.2. The van der Waals surface area contributed by atoms with Gasteiger partial charge in [0.2, 0.25) is 11.1 Å². The first kappa shape index (κ1) is 42.9. The minimum atomic E-state index is -0.508. The van der Waals surface area contributed by atoms with E-state index in [1.165, 1.54) is 0 Å². The molecule has 1 amide bonds. The van der Waals surface area contributed by atoms with Gasteiger partial charge in [0.05, 0.1) is 42.9 Å². The fourth-order valence-corrected chi connectivity index (χ4v) is 4.92. The number of benzene rings is 2. The second-order valence-corrected chi connectivity index (χ2v) is 12.4. The molecule has 0 radical (unpaired) electrons. The third-order valence-electron chi connectivity index (χ3n) is 7.55. The molecule has 4 heterocycles. The lowest BCUT2D eigenvalue weighted by Gasteiger charge is -2.22. The van der Waals surface area contributed by atoms with E-state index in [0.29, 0.717) is 26.3 Å². The molecule has 2 aliphatic rings. The second-order valence-electron chi connectivity index (χ2n) is 11.5. The third-order valence-corrected chi connectivity index (χ3v) is 8.30. The molecule has 2 aromatic heterocycles. The van der Waals surface area contributed by atoms with Crippen LogP contribution in [0.3, 0.4) is 0 Å². The van der Waals surface area contributed by atoms with Crippen molar-refractivity contribution in [2.24, 2.45) is 5.73 Å². The predicted molar refractivity (Wildman–Crippen MR) is 198 cm³/mol. The number of hydrogen-bond donors (Lipinski definition) is 2. The fraction of sp³-hybridized carbons (Fsp3) is 0.486. The van der Waals surface area contributed by atoms with Crippen LogP contribution in [0.15, 0.2) is 60.9 Å². The Kier molecular flexibility index (Phi) is 19.8. The highest BCUT2D eigenvalue weighted by atomic mass is 35.5. The Hall–Kier alpha value is -3.47. The Morgan fingerprint density at radius 1 is 0.769 bits per heavy atom. The highest BCUT2D eigenvalue weighted by Gasteiger charge is 2.16. The topological polar surface area (TPSA) is 171 Å². The molecule has 0 saturated carbocycles. The molecule has 2 aromatic carbocycles. The van der Waals surface area contributed by atoms with Crippen molar-refractivity contribution in [3.8, 4) is 11.4 Å². The summed E-state index contributed by atoms with van der Waals surface area (Å²) in [7, 11) is 0. The van der Waals surface area contributed by atoms with Crippen LogP contribution in [-0.2, 0) is 54.8 Å². The van der Waals surface area contributed by atoms with Crippen LogP contribution in [0.4, 0.5) is 0 Å². The lowest BCUT2D eigenvalue weighted by molar-refractivity contribution is -0.169. The number of hydrogen-bond acceptors (Lipinski definition) is 11. The van der Waals surface area contributed by atoms with Gasteiger partial charge in [-0.1, -0.05) is 42.1 Å². The monoisotopic (exact) mass is 780 g/mol. The van der Waals surface area contributed by atoms with Crippen LogP contribution in [0.2, 0.25) is 0 Å². The summed E-state index contributed by atoms with van der Waals surface area (Å²) in [6, 6.07) is 15.6. The first-order valence-electron chi connectivity index (χ1n) is 16.6.